The van der Waals surface area contributed by atoms with E-state index < -0.39 is 0 Å². The molecule has 0 amide bonds. The number of pyridine rings is 1. The van der Waals surface area contributed by atoms with Gasteiger partial charge in [-0.25, -0.2) is 4.98 Å². The predicted molar refractivity (Wildman–Crippen MR) is 104 cm³/mol. The van der Waals surface area contributed by atoms with Crippen molar-refractivity contribution in [2.75, 3.05) is 20.3 Å². The molecule has 0 aliphatic rings. The quantitative estimate of drug-likeness (QED) is 0.484. The molecule has 1 heterocycles. The van der Waals surface area contributed by atoms with Crippen LogP contribution in [0, 0.1) is 18.3 Å². The monoisotopic (exact) mass is 360 g/mol. The van der Waals surface area contributed by atoms with E-state index in [4.69, 9.17) is 9.47 Å². The minimum Gasteiger partial charge on any atom is -0.491 e. The van der Waals surface area contributed by atoms with E-state index in [2.05, 4.69) is 11.1 Å². The van der Waals surface area contributed by atoms with E-state index in [-0.39, 0.29) is 5.78 Å². The van der Waals surface area contributed by atoms with Gasteiger partial charge in [0.2, 0.25) is 0 Å². The Morgan fingerprint density at radius 2 is 1.89 bits per heavy atom. The first-order valence-electron chi connectivity index (χ1n) is 8.62. The molecular weight excluding hydrogens is 340 g/mol. The summed E-state index contributed by atoms with van der Waals surface area (Å²) in [5.74, 6) is 0.700. The number of ketones is 1. The Balaban J connectivity index is 2.08. The van der Waals surface area contributed by atoms with Gasteiger partial charge in [0.25, 0.3) is 0 Å². The molecule has 0 bridgehead atoms. The van der Waals surface area contributed by atoms with Crippen molar-refractivity contribution in [3.63, 3.8) is 0 Å². The second kappa shape index (κ2) is 7.98. The lowest BCUT2D eigenvalue weighted by Gasteiger charge is -2.11. The molecule has 0 N–H and O–H groups in total. The summed E-state index contributed by atoms with van der Waals surface area (Å²) in [5, 5.41) is 10.3. The van der Waals surface area contributed by atoms with Crippen LogP contribution in [-0.2, 0) is 4.74 Å². The van der Waals surface area contributed by atoms with Gasteiger partial charge in [0, 0.05) is 23.6 Å². The molecule has 0 aliphatic heterocycles. The molecule has 0 atom stereocenters. The smallest absolute Gasteiger partial charge is 0.160 e. The highest BCUT2D eigenvalue weighted by Crippen LogP contribution is 2.30. The number of benzene rings is 2. The van der Waals surface area contributed by atoms with Gasteiger partial charge >= 0.3 is 0 Å². The lowest BCUT2D eigenvalue weighted by atomic mass is 9.97. The summed E-state index contributed by atoms with van der Waals surface area (Å²) >= 11 is 0. The molecular formula is C22H20N2O3. The van der Waals surface area contributed by atoms with E-state index in [1.54, 1.807) is 7.11 Å². The van der Waals surface area contributed by atoms with Gasteiger partial charge in [0.15, 0.2) is 5.78 Å². The highest BCUT2D eigenvalue weighted by Gasteiger charge is 2.14. The van der Waals surface area contributed by atoms with Gasteiger partial charge in [-0.3, -0.25) is 4.79 Å². The molecule has 0 fully saturated rings. The van der Waals surface area contributed by atoms with E-state index in [1.807, 2.05) is 49.4 Å². The third-order valence-electron chi connectivity index (χ3n) is 4.29. The molecule has 0 saturated heterocycles. The first-order valence-corrected chi connectivity index (χ1v) is 8.62. The molecule has 5 heteroatoms. The number of aryl methyl sites for hydroxylation is 1. The second-order valence-electron chi connectivity index (χ2n) is 6.30. The molecule has 0 aliphatic carbocycles. The molecule has 136 valence electrons. The van der Waals surface area contributed by atoms with Crippen molar-refractivity contribution in [1.29, 1.82) is 5.26 Å². The van der Waals surface area contributed by atoms with Crippen LogP contribution < -0.4 is 4.74 Å². The predicted octanol–water partition coefficient (Wildman–Crippen LogP) is 4.31. The molecule has 0 radical (unpaired) electrons. The maximum atomic E-state index is 12.1. The summed E-state index contributed by atoms with van der Waals surface area (Å²) in [4.78, 5) is 16.6. The van der Waals surface area contributed by atoms with Crippen molar-refractivity contribution < 1.29 is 14.3 Å². The maximum absolute atomic E-state index is 12.1. The number of methoxy groups -OCH3 is 1. The number of hydrogen-bond donors (Lipinski definition) is 0. The number of nitriles is 1. The van der Waals surface area contributed by atoms with Gasteiger partial charge in [-0.1, -0.05) is 12.1 Å². The van der Waals surface area contributed by atoms with Gasteiger partial charge in [-0.2, -0.15) is 5.26 Å². The molecule has 3 aromatic rings. The largest absolute Gasteiger partial charge is 0.491 e. The zero-order chi connectivity index (χ0) is 19.4. The molecule has 0 unspecified atom stereocenters. The fraction of sp³-hybridized carbons (Fsp3) is 0.227. The van der Waals surface area contributed by atoms with Crippen molar-refractivity contribution in [3.8, 4) is 22.9 Å². The normalized spacial score (nSPS) is 10.6. The molecule has 27 heavy (non-hydrogen) atoms. The Hall–Kier alpha value is -3.23. The van der Waals surface area contributed by atoms with E-state index in [0.717, 1.165) is 22.3 Å². The first-order chi connectivity index (χ1) is 13.0. The number of ether oxygens (including phenoxy) is 2. The van der Waals surface area contributed by atoms with E-state index in [1.165, 1.54) is 6.92 Å². The van der Waals surface area contributed by atoms with Crippen molar-refractivity contribution in [3.05, 3.63) is 59.3 Å². The number of rotatable bonds is 6. The first kappa shape index (κ1) is 18.6. The van der Waals surface area contributed by atoms with Crippen LogP contribution in [0.4, 0.5) is 0 Å². The number of carbonyl (C=O) groups is 1. The zero-order valence-corrected chi connectivity index (χ0v) is 15.6. The van der Waals surface area contributed by atoms with Gasteiger partial charge < -0.3 is 9.47 Å². The average Bonchev–Trinajstić information content (AvgIpc) is 2.67. The van der Waals surface area contributed by atoms with E-state index in [0.29, 0.717) is 35.6 Å². The van der Waals surface area contributed by atoms with Gasteiger partial charge in [0.05, 0.1) is 12.1 Å². The van der Waals surface area contributed by atoms with Crippen molar-refractivity contribution in [2.45, 2.75) is 13.8 Å². The third kappa shape index (κ3) is 3.97. The number of Topliss-reactive ketones (excluding diaryl/α,β-unsaturated/α-hetero) is 1. The van der Waals surface area contributed by atoms with Crippen LogP contribution in [0.3, 0.4) is 0 Å². The summed E-state index contributed by atoms with van der Waals surface area (Å²) in [7, 11) is 1.62. The van der Waals surface area contributed by atoms with E-state index >= 15 is 0 Å². The van der Waals surface area contributed by atoms with Crippen LogP contribution in [0.15, 0.2) is 42.5 Å². The topological polar surface area (TPSA) is 72.2 Å². The highest BCUT2D eigenvalue weighted by atomic mass is 16.5. The molecule has 5 nitrogen and oxygen atoms in total. The molecule has 0 spiro atoms. The zero-order valence-electron chi connectivity index (χ0n) is 15.6. The summed E-state index contributed by atoms with van der Waals surface area (Å²) in [6.07, 6.45) is 0. The highest BCUT2D eigenvalue weighted by molar-refractivity contribution is 6.07. The SMILES string of the molecule is COCCOc1ccc(-c2cc3c(C(C)=O)cc(C)cc3nc2C#N)cc1. The number of nitrogens with zero attached hydrogens (tertiary/aromatic N) is 2. The Bertz CT molecular complexity index is 1030. The average molecular weight is 360 g/mol. The van der Waals surface area contributed by atoms with Crippen LogP contribution in [-0.4, -0.2) is 31.1 Å². The van der Waals surface area contributed by atoms with Crippen LogP contribution in [0.1, 0.15) is 28.5 Å². The minimum atomic E-state index is -0.0250. The second-order valence-corrected chi connectivity index (χ2v) is 6.30. The summed E-state index contributed by atoms with van der Waals surface area (Å²) in [5.41, 5.74) is 4.07. The van der Waals surface area contributed by atoms with Crippen LogP contribution >= 0.6 is 0 Å². The summed E-state index contributed by atoms with van der Waals surface area (Å²) in [6.45, 7) is 4.44. The Labute approximate surface area is 158 Å². The maximum Gasteiger partial charge on any atom is 0.160 e. The molecule has 3 rings (SSSR count). The number of carbonyl (C=O) groups excluding carboxylic acids is 1. The third-order valence-corrected chi connectivity index (χ3v) is 4.29. The Morgan fingerprint density at radius 1 is 1.15 bits per heavy atom. The van der Waals surface area contributed by atoms with Crippen LogP contribution in [0.5, 0.6) is 5.75 Å². The molecule has 1 aromatic heterocycles. The summed E-state index contributed by atoms with van der Waals surface area (Å²) < 4.78 is 10.5. The Kier molecular flexibility index (Phi) is 5.49. The van der Waals surface area contributed by atoms with Gasteiger partial charge in [-0.15, -0.1) is 0 Å². The van der Waals surface area contributed by atoms with Crippen molar-refractivity contribution in [2.24, 2.45) is 0 Å². The van der Waals surface area contributed by atoms with Crippen LogP contribution in [0.2, 0.25) is 0 Å². The minimum absolute atomic E-state index is 0.0250. The van der Waals surface area contributed by atoms with Gasteiger partial charge in [-0.05, 0) is 55.3 Å². The number of aromatic nitrogens is 1. The lowest BCUT2D eigenvalue weighted by molar-refractivity contribution is 0.101. The number of fused-ring (bicyclic) bond motifs is 1. The fourth-order valence-electron chi connectivity index (χ4n) is 2.99. The number of hydrogen-bond acceptors (Lipinski definition) is 5. The van der Waals surface area contributed by atoms with E-state index in [9.17, 15) is 10.1 Å². The van der Waals surface area contributed by atoms with Crippen molar-refractivity contribution in [1.82, 2.24) is 4.98 Å². The van der Waals surface area contributed by atoms with Crippen molar-refractivity contribution >= 4 is 16.7 Å². The van der Waals surface area contributed by atoms with Crippen LogP contribution in [0.25, 0.3) is 22.0 Å². The fourth-order valence-corrected chi connectivity index (χ4v) is 2.99. The molecule has 0 saturated carbocycles. The Morgan fingerprint density at radius 3 is 2.52 bits per heavy atom. The van der Waals surface area contributed by atoms with Gasteiger partial charge in [0.1, 0.15) is 24.1 Å². The lowest BCUT2D eigenvalue weighted by Crippen LogP contribution is -2.04. The molecule has 2 aromatic carbocycles. The standard InChI is InChI=1S/C22H20N2O3/c1-14-10-18(15(2)25)20-12-19(22(13-23)24-21(20)11-14)16-4-6-17(7-5-16)27-9-8-26-3/h4-7,10-12H,8-9H2,1-3H3. The summed E-state index contributed by atoms with van der Waals surface area (Å²) in [6, 6.07) is 15.2.